The number of nitrogens with zero attached hydrogens (tertiary/aromatic N) is 2. The van der Waals surface area contributed by atoms with Crippen molar-refractivity contribution in [2.45, 2.75) is 19.1 Å². The van der Waals surface area contributed by atoms with Crippen LogP contribution in [0, 0.1) is 17.0 Å². The zero-order valence-electron chi connectivity index (χ0n) is 10.0. The Morgan fingerprint density at radius 3 is 2.63 bits per heavy atom. The highest BCUT2D eigenvalue weighted by Crippen LogP contribution is 2.29. The summed E-state index contributed by atoms with van der Waals surface area (Å²) < 4.78 is 4.27. The van der Waals surface area contributed by atoms with Gasteiger partial charge in [-0.05, 0) is 6.92 Å². The van der Waals surface area contributed by atoms with Gasteiger partial charge in [0.05, 0.1) is 12.0 Å². The zero-order chi connectivity index (χ0) is 14.7. The summed E-state index contributed by atoms with van der Waals surface area (Å²) in [7, 11) is 1.04. The number of aromatic nitrogens is 1. The van der Waals surface area contributed by atoms with Crippen molar-refractivity contribution in [3.8, 4) is 0 Å². The van der Waals surface area contributed by atoms with Crippen molar-refractivity contribution >= 4 is 23.3 Å². The number of nitro groups is 1. The first-order valence-electron chi connectivity index (χ1n) is 5.05. The summed E-state index contributed by atoms with van der Waals surface area (Å²) in [6, 6.07) is 0.960. The second-order valence-electron chi connectivity index (χ2n) is 3.64. The van der Waals surface area contributed by atoms with Crippen LogP contribution in [0.2, 0.25) is 5.15 Å². The molecular formula is C10H11ClN2O6. The molecule has 0 aliphatic carbocycles. The SMILES string of the molecule is COC(=O)C(O)C(O)c1cc([N+](=O)[O-])c(Cl)nc1C. The van der Waals surface area contributed by atoms with Crippen LogP contribution in [-0.4, -0.2) is 39.3 Å². The Morgan fingerprint density at radius 1 is 1.58 bits per heavy atom. The number of ether oxygens (including phenoxy) is 1. The van der Waals surface area contributed by atoms with Crippen LogP contribution < -0.4 is 0 Å². The number of carbonyl (C=O) groups excluding carboxylic acids is 1. The fraction of sp³-hybridized carbons (Fsp3) is 0.400. The molecule has 8 nitrogen and oxygen atoms in total. The largest absolute Gasteiger partial charge is 0.467 e. The highest BCUT2D eigenvalue weighted by atomic mass is 35.5. The van der Waals surface area contributed by atoms with Crippen molar-refractivity contribution in [1.82, 2.24) is 4.98 Å². The number of aliphatic hydroxyl groups is 2. The number of rotatable bonds is 4. The third-order valence-electron chi connectivity index (χ3n) is 2.44. The van der Waals surface area contributed by atoms with Gasteiger partial charge in [-0.25, -0.2) is 9.78 Å². The van der Waals surface area contributed by atoms with Crippen molar-refractivity contribution in [1.29, 1.82) is 0 Å². The number of esters is 1. The quantitative estimate of drug-likeness (QED) is 0.358. The topological polar surface area (TPSA) is 123 Å². The van der Waals surface area contributed by atoms with Gasteiger partial charge in [-0.1, -0.05) is 11.6 Å². The van der Waals surface area contributed by atoms with E-state index in [1.165, 1.54) is 6.92 Å². The Kier molecular flexibility index (Phi) is 4.76. The molecule has 1 aromatic rings. The van der Waals surface area contributed by atoms with E-state index in [9.17, 15) is 25.1 Å². The van der Waals surface area contributed by atoms with E-state index in [1.807, 2.05) is 0 Å². The summed E-state index contributed by atoms with van der Waals surface area (Å²) in [5.74, 6) is -1.07. The van der Waals surface area contributed by atoms with Crippen LogP contribution in [0.4, 0.5) is 5.69 Å². The summed E-state index contributed by atoms with van der Waals surface area (Å²) in [5.41, 5.74) is -0.446. The molecule has 0 bridgehead atoms. The zero-order valence-corrected chi connectivity index (χ0v) is 10.8. The number of halogens is 1. The molecule has 0 saturated heterocycles. The van der Waals surface area contributed by atoms with Gasteiger partial charge in [0.2, 0.25) is 5.15 Å². The van der Waals surface area contributed by atoms with E-state index < -0.39 is 28.8 Å². The third-order valence-corrected chi connectivity index (χ3v) is 2.72. The van der Waals surface area contributed by atoms with Gasteiger partial charge < -0.3 is 14.9 Å². The molecule has 0 aromatic carbocycles. The number of carbonyl (C=O) groups is 1. The number of aryl methyl sites for hydroxylation is 1. The molecule has 0 amide bonds. The number of aliphatic hydroxyl groups excluding tert-OH is 2. The van der Waals surface area contributed by atoms with E-state index in [2.05, 4.69) is 9.72 Å². The van der Waals surface area contributed by atoms with E-state index in [0.29, 0.717) is 0 Å². The predicted molar refractivity (Wildman–Crippen MR) is 63.6 cm³/mol. The number of pyridine rings is 1. The summed E-state index contributed by atoms with van der Waals surface area (Å²) in [5, 5.41) is 29.7. The van der Waals surface area contributed by atoms with E-state index >= 15 is 0 Å². The van der Waals surface area contributed by atoms with Gasteiger partial charge in [0, 0.05) is 17.3 Å². The van der Waals surface area contributed by atoms with Crippen molar-refractivity contribution in [2.24, 2.45) is 0 Å². The van der Waals surface area contributed by atoms with E-state index in [-0.39, 0.29) is 16.4 Å². The first-order valence-corrected chi connectivity index (χ1v) is 5.42. The minimum absolute atomic E-state index is 0.0750. The standard InChI is InChI=1S/C10H11ClN2O6/c1-4-5(7(14)8(15)10(16)19-2)3-6(13(17)18)9(11)12-4/h3,7-8,14-15H,1-2H3. The van der Waals surface area contributed by atoms with Crippen molar-refractivity contribution < 1.29 is 24.7 Å². The molecule has 0 aliphatic heterocycles. The van der Waals surface area contributed by atoms with Crippen molar-refractivity contribution in [3.05, 3.63) is 32.6 Å². The number of hydrogen-bond donors (Lipinski definition) is 2. The Bertz CT molecular complexity index is 521. The second-order valence-corrected chi connectivity index (χ2v) is 4.00. The first kappa shape index (κ1) is 15.3. The lowest BCUT2D eigenvalue weighted by molar-refractivity contribution is -0.385. The highest BCUT2D eigenvalue weighted by Gasteiger charge is 2.30. The Labute approximate surface area is 112 Å². The Morgan fingerprint density at radius 2 is 2.16 bits per heavy atom. The highest BCUT2D eigenvalue weighted by molar-refractivity contribution is 6.31. The lowest BCUT2D eigenvalue weighted by atomic mass is 10.0. The molecule has 2 N–H and O–H groups in total. The molecule has 1 heterocycles. The Hall–Kier alpha value is -1.77. The minimum atomic E-state index is -1.87. The normalized spacial score (nSPS) is 13.7. The van der Waals surface area contributed by atoms with Gasteiger partial charge in [-0.2, -0.15) is 0 Å². The molecule has 1 rings (SSSR count). The molecule has 104 valence electrons. The summed E-state index contributed by atoms with van der Waals surface area (Å²) in [6.45, 7) is 1.43. The maximum Gasteiger partial charge on any atom is 0.337 e. The van der Waals surface area contributed by atoms with Crippen LogP contribution in [0.15, 0.2) is 6.07 Å². The molecule has 2 atom stereocenters. The Balaban J connectivity index is 3.23. The van der Waals surface area contributed by atoms with E-state index in [0.717, 1.165) is 13.2 Å². The van der Waals surface area contributed by atoms with E-state index in [1.54, 1.807) is 0 Å². The molecular weight excluding hydrogens is 280 g/mol. The van der Waals surface area contributed by atoms with Gasteiger partial charge in [0.25, 0.3) is 0 Å². The molecule has 0 fully saturated rings. The van der Waals surface area contributed by atoms with Crippen LogP contribution in [0.25, 0.3) is 0 Å². The van der Waals surface area contributed by atoms with Crippen molar-refractivity contribution in [2.75, 3.05) is 7.11 Å². The third kappa shape index (κ3) is 3.16. The van der Waals surface area contributed by atoms with E-state index in [4.69, 9.17) is 11.6 Å². The van der Waals surface area contributed by atoms with Crippen molar-refractivity contribution in [3.63, 3.8) is 0 Å². The predicted octanol–water partition coefficient (Wildman–Crippen LogP) is 0.519. The number of methoxy groups -OCH3 is 1. The molecule has 0 aliphatic rings. The molecule has 9 heteroatoms. The van der Waals surface area contributed by atoms with Crippen LogP contribution in [0.3, 0.4) is 0 Å². The van der Waals surface area contributed by atoms with Gasteiger partial charge >= 0.3 is 11.7 Å². The molecule has 2 unspecified atom stereocenters. The van der Waals surface area contributed by atoms with Gasteiger partial charge in [0.1, 0.15) is 6.10 Å². The summed E-state index contributed by atoms with van der Waals surface area (Å²) in [4.78, 5) is 24.7. The molecule has 0 spiro atoms. The molecule has 0 saturated carbocycles. The van der Waals surface area contributed by atoms with Crippen LogP contribution in [0.1, 0.15) is 17.4 Å². The lowest BCUT2D eigenvalue weighted by Crippen LogP contribution is -2.29. The van der Waals surface area contributed by atoms with Gasteiger partial charge in [-0.3, -0.25) is 10.1 Å². The summed E-state index contributed by atoms with van der Waals surface area (Å²) >= 11 is 5.58. The maximum absolute atomic E-state index is 11.1. The molecule has 19 heavy (non-hydrogen) atoms. The average Bonchev–Trinajstić information content (AvgIpc) is 2.35. The maximum atomic E-state index is 11.1. The molecule has 0 radical (unpaired) electrons. The first-order chi connectivity index (χ1) is 8.79. The average molecular weight is 291 g/mol. The van der Waals surface area contributed by atoms with Crippen LogP contribution in [-0.2, 0) is 9.53 Å². The fourth-order valence-corrected chi connectivity index (χ4v) is 1.68. The smallest absolute Gasteiger partial charge is 0.337 e. The van der Waals surface area contributed by atoms with Gasteiger partial charge in [-0.15, -0.1) is 0 Å². The molecule has 1 aromatic heterocycles. The second kappa shape index (κ2) is 5.91. The monoisotopic (exact) mass is 290 g/mol. The van der Waals surface area contributed by atoms with Crippen LogP contribution in [0.5, 0.6) is 0 Å². The summed E-state index contributed by atoms with van der Waals surface area (Å²) in [6.07, 6.45) is -3.57. The fourth-order valence-electron chi connectivity index (χ4n) is 1.43. The minimum Gasteiger partial charge on any atom is -0.467 e. The van der Waals surface area contributed by atoms with Crippen LogP contribution >= 0.6 is 11.6 Å². The van der Waals surface area contributed by atoms with Gasteiger partial charge in [0.15, 0.2) is 6.10 Å². The lowest BCUT2D eigenvalue weighted by Gasteiger charge is -2.17. The number of hydrogen-bond acceptors (Lipinski definition) is 7.